The van der Waals surface area contributed by atoms with E-state index in [1.165, 1.54) is 6.39 Å². The van der Waals surface area contributed by atoms with Crippen molar-refractivity contribution in [3.05, 3.63) is 47.8 Å². The standard InChI is InChI=1S/C18H19N5O3/c1-11-18(24)22(8-13-4-6-14(25-3)7-5-13)9-15-20-21-17(23(11)15)16-12(2)26-10-19-16/h4-7,10-11H,8-9H2,1-3H3/t11-/m0/s1. The number of oxazole rings is 1. The van der Waals surface area contributed by atoms with Crippen molar-refractivity contribution in [2.24, 2.45) is 0 Å². The highest BCUT2D eigenvalue weighted by molar-refractivity contribution is 5.82. The molecule has 0 N–H and O–H groups in total. The highest BCUT2D eigenvalue weighted by atomic mass is 16.5. The number of hydrogen-bond acceptors (Lipinski definition) is 6. The second-order valence-electron chi connectivity index (χ2n) is 6.29. The molecular weight excluding hydrogens is 334 g/mol. The van der Waals surface area contributed by atoms with Gasteiger partial charge < -0.3 is 14.1 Å². The smallest absolute Gasteiger partial charge is 0.246 e. The summed E-state index contributed by atoms with van der Waals surface area (Å²) >= 11 is 0. The van der Waals surface area contributed by atoms with E-state index in [0.29, 0.717) is 30.4 Å². The molecule has 134 valence electrons. The molecule has 1 atom stereocenters. The maximum Gasteiger partial charge on any atom is 0.246 e. The number of carbonyl (C=O) groups excluding carboxylic acids is 1. The van der Waals surface area contributed by atoms with Gasteiger partial charge in [0.05, 0.1) is 13.7 Å². The summed E-state index contributed by atoms with van der Waals surface area (Å²) in [5.41, 5.74) is 1.65. The van der Waals surface area contributed by atoms with Crippen LogP contribution in [0.5, 0.6) is 5.75 Å². The molecule has 2 aromatic heterocycles. The molecule has 3 heterocycles. The number of ether oxygens (including phenoxy) is 1. The van der Waals surface area contributed by atoms with Crippen LogP contribution in [0.4, 0.5) is 0 Å². The first-order valence-electron chi connectivity index (χ1n) is 8.34. The minimum absolute atomic E-state index is 0.0236. The molecular formula is C18H19N5O3. The minimum atomic E-state index is -0.405. The predicted molar refractivity (Wildman–Crippen MR) is 92.2 cm³/mol. The molecule has 1 aromatic carbocycles. The molecule has 0 fully saturated rings. The monoisotopic (exact) mass is 353 g/mol. The Bertz CT molecular complexity index is 944. The molecule has 26 heavy (non-hydrogen) atoms. The van der Waals surface area contributed by atoms with Crippen LogP contribution in [0.2, 0.25) is 0 Å². The van der Waals surface area contributed by atoms with Crippen LogP contribution in [0.3, 0.4) is 0 Å². The Morgan fingerprint density at radius 3 is 2.69 bits per heavy atom. The van der Waals surface area contributed by atoms with Gasteiger partial charge in [0.25, 0.3) is 0 Å². The average Bonchev–Trinajstić information content (AvgIpc) is 3.25. The number of carbonyl (C=O) groups is 1. The molecule has 8 nitrogen and oxygen atoms in total. The fourth-order valence-corrected chi connectivity index (χ4v) is 3.23. The first-order chi connectivity index (χ1) is 12.6. The van der Waals surface area contributed by atoms with E-state index in [1.54, 1.807) is 12.0 Å². The van der Waals surface area contributed by atoms with Crippen LogP contribution in [0.15, 0.2) is 35.1 Å². The van der Waals surface area contributed by atoms with Gasteiger partial charge in [-0.3, -0.25) is 9.36 Å². The van der Waals surface area contributed by atoms with Gasteiger partial charge in [0.15, 0.2) is 18.0 Å². The number of amides is 1. The Morgan fingerprint density at radius 1 is 1.27 bits per heavy atom. The van der Waals surface area contributed by atoms with Gasteiger partial charge in [-0.05, 0) is 31.5 Å². The molecule has 3 aromatic rings. The van der Waals surface area contributed by atoms with Gasteiger partial charge >= 0.3 is 0 Å². The highest BCUT2D eigenvalue weighted by Gasteiger charge is 2.34. The highest BCUT2D eigenvalue weighted by Crippen LogP contribution is 2.29. The largest absolute Gasteiger partial charge is 0.497 e. The molecule has 0 unspecified atom stereocenters. The van der Waals surface area contributed by atoms with Crippen LogP contribution >= 0.6 is 0 Å². The zero-order valence-corrected chi connectivity index (χ0v) is 14.8. The van der Waals surface area contributed by atoms with E-state index in [9.17, 15) is 4.79 Å². The fourth-order valence-electron chi connectivity index (χ4n) is 3.23. The number of aromatic nitrogens is 4. The maximum absolute atomic E-state index is 12.9. The van der Waals surface area contributed by atoms with E-state index in [2.05, 4.69) is 15.2 Å². The molecule has 8 heteroatoms. The number of hydrogen-bond donors (Lipinski definition) is 0. The van der Waals surface area contributed by atoms with E-state index in [0.717, 1.165) is 17.1 Å². The van der Waals surface area contributed by atoms with E-state index < -0.39 is 6.04 Å². The van der Waals surface area contributed by atoms with Crippen LogP contribution in [-0.4, -0.2) is 37.7 Å². The quantitative estimate of drug-likeness (QED) is 0.716. The molecule has 0 radical (unpaired) electrons. The lowest BCUT2D eigenvalue weighted by atomic mass is 10.1. The van der Waals surface area contributed by atoms with Crippen molar-refractivity contribution in [3.63, 3.8) is 0 Å². The van der Waals surface area contributed by atoms with Gasteiger partial charge in [-0.25, -0.2) is 4.98 Å². The predicted octanol–water partition coefficient (Wildman–Crippen LogP) is 2.35. The zero-order valence-electron chi connectivity index (χ0n) is 14.8. The summed E-state index contributed by atoms with van der Waals surface area (Å²) in [5.74, 6) is 2.77. The summed E-state index contributed by atoms with van der Waals surface area (Å²) in [6.45, 7) is 4.58. The molecule has 0 bridgehead atoms. The zero-order chi connectivity index (χ0) is 18.3. The lowest BCUT2D eigenvalue weighted by Crippen LogP contribution is -2.41. The van der Waals surface area contributed by atoms with Crippen molar-refractivity contribution in [1.29, 1.82) is 0 Å². The van der Waals surface area contributed by atoms with Crippen LogP contribution in [0, 0.1) is 6.92 Å². The molecule has 1 amide bonds. The molecule has 0 spiro atoms. The van der Waals surface area contributed by atoms with Gasteiger partial charge in [0.2, 0.25) is 5.91 Å². The Morgan fingerprint density at radius 2 is 2.04 bits per heavy atom. The SMILES string of the molecule is COc1ccc(CN2Cc3nnc(-c4ncoc4C)n3[C@@H](C)C2=O)cc1. The van der Waals surface area contributed by atoms with Crippen molar-refractivity contribution in [3.8, 4) is 17.3 Å². The molecule has 1 aliphatic rings. The van der Waals surface area contributed by atoms with Crippen molar-refractivity contribution in [2.75, 3.05) is 7.11 Å². The first-order valence-corrected chi connectivity index (χ1v) is 8.34. The summed E-state index contributed by atoms with van der Waals surface area (Å²) in [4.78, 5) is 18.9. The lowest BCUT2D eigenvalue weighted by Gasteiger charge is -2.32. The topological polar surface area (TPSA) is 86.3 Å². The number of aryl methyl sites for hydroxylation is 1. The van der Waals surface area contributed by atoms with E-state index in [1.807, 2.05) is 42.7 Å². The summed E-state index contributed by atoms with van der Waals surface area (Å²) in [5, 5.41) is 8.52. The normalized spacial score (nSPS) is 16.7. The number of rotatable bonds is 4. The van der Waals surface area contributed by atoms with Gasteiger partial charge in [0.1, 0.15) is 23.2 Å². The molecule has 0 saturated heterocycles. The minimum Gasteiger partial charge on any atom is -0.497 e. The summed E-state index contributed by atoms with van der Waals surface area (Å²) < 4.78 is 12.3. The van der Waals surface area contributed by atoms with Crippen LogP contribution < -0.4 is 4.74 Å². The summed E-state index contributed by atoms with van der Waals surface area (Å²) in [6, 6.07) is 7.29. The Balaban J connectivity index is 1.62. The maximum atomic E-state index is 12.9. The van der Waals surface area contributed by atoms with E-state index in [4.69, 9.17) is 9.15 Å². The van der Waals surface area contributed by atoms with Gasteiger partial charge in [0, 0.05) is 6.54 Å². The third-order valence-corrected chi connectivity index (χ3v) is 4.64. The third kappa shape index (κ3) is 2.63. The number of methoxy groups -OCH3 is 1. The Hall–Kier alpha value is -3.16. The second kappa shape index (κ2) is 6.29. The number of fused-ring (bicyclic) bond motifs is 1. The van der Waals surface area contributed by atoms with E-state index in [-0.39, 0.29) is 5.91 Å². The molecule has 1 aliphatic heterocycles. The van der Waals surface area contributed by atoms with Crippen LogP contribution in [0.1, 0.15) is 30.1 Å². The van der Waals surface area contributed by atoms with Gasteiger partial charge in [-0.15, -0.1) is 10.2 Å². The van der Waals surface area contributed by atoms with Crippen molar-refractivity contribution in [1.82, 2.24) is 24.6 Å². The Kier molecular flexibility index (Phi) is 3.95. The third-order valence-electron chi connectivity index (χ3n) is 4.64. The molecule has 0 saturated carbocycles. The summed E-state index contributed by atoms with van der Waals surface area (Å²) in [7, 11) is 1.63. The number of nitrogens with zero attached hydrogens (tertiary/aromatic N) is 5. The Labute approximate surface area is 150 Å². The number of benzene rings is 1. The lowest BCUT2D eigenvalue weighted by molar-refractivity contribution is -0.137. The van der Waals surface area contributed by atoms with Gasteiger partial charge in [-0.1, -0.05) is 12.1 Å². The van der Waals surface area contributed by atoms with Gasteiger partial charge in [-0.2, -0.15) is 0 Å². The second-order valence-corrected chi connectivity index (χ2v) is 6.29. The van der Waals surface area contributed by atoms with Crippen LogP contribution in [0.25, 0.3) is 11.5 Å². The van der Waals surface area contributed by atoms with Crippen molar-refractivity contribution < 1.29 is 13.9 Å². The molecule has 0 aliphatic carbocycles. The van der Waals surface area contributed by atoms with Crippen LogP contribution in [-0.2, 0) is 17.9 Å². The summed E-state index contributed by atoms with van der Waals surface area (Å²) in [6.07, 6.45) is 1.37. The van der Waals surface area contributed by atoms with Crippen molar-refractivity contribution >= 4 is 5.91 Å². The first kappa shape index (κ1) is 16.3. The molecule has 4 rings (SSSR count). The average molecular weight is 353 g/mol. The fraction of sp³-hybridized carbons (Fsp3) is 0.333. The van der Waals surface area contributed by atoms with E-state index >= 15 is 0 Å². The van der Waals surface area contributed by atoms with Crippen molar-refractivity contribution in [2.45, 2.75) is 33.0 Å².